The number of para-hydroxylation sites is 3. The van der Waals surface area contributed by atoms with Gasteiger partial charge in [0.2, 0.25) is 0 Å². The second-order valence-electron chi connectivity index (χ2n) is 5.93. The number of carbonyl (C=O) groups is 2. The Hall–Kier alpha value is -3.61. The summed E-state index contributed by atoms with van der Waals surface area (Å²) in [5.41, 5.74) is 7.61. The van der Waals surface area contributed by atoms with Crippen molar-refractivity contribution in [1.29, 1.82) is 0 Å². The van der Waals surface area contributed by atoms with Gasteiger partial charge in [0, 0.05) is 12.6 Å². The van der Waals surface area contributed by atoms with Gasteiger partial charge in [-0.3, -0.25) is 9.59 Å². The molecule has 3 N–H and O–H groups in total. The summed E-state index contributed by atoms with van der Waals surface area (Å²) in [5.74, 6) is -0.113. The molecule has 7 nitrogen and oxygen atoms in total. The van der Waals surface area contributed by atoms with Gasteiger partial charge in [0.25, 0.3) is 11.8 Å². The fourth-order valence-electron chi connectivity index (χ4n) is 2.91. The standard InChI is InChI=1S/C19H16N4O3/c20-18(24)14-9-10-23(22-14)15-7-3-2-6-13(15)21-19(25)17-11-12-5-1-4-8-16(12)26-17/h1-10,17H,11H2,(H2,20,24)(H,21,25). The lowest BCUT2D eigenvalue weighted by atomic mass is 10.1. The van der Waals surface area contributed by atoms with E-state index in [1.807, 2.05) is 36.4 Å². The third-order valence-electron chi connectivity index (χ3n) is 4.19. The highest BCUT2D eigenvalue weighted by Gasteiger charge is 2.29. The lowest BCUT2D eigenvalue weighted by Gasteiger charge is -2.14. The van der Waals surface area contributed by atoms with Crippen LogP contribution >= 0.6 is 0 Å². The van der Waals surface area contributed by atoms with Crippen LogP contribution in [0.3, 0.4) is 0 Å². The van der Waals surface area contributed by atoms with Crippen LogP contribution in [-0.2, 0) is 11.2 Å². The highest BCUT2D eigenvalue weighted by molar-refractivity contribution is 5.97. The molecule has 7 heteroatoms. The average Bonchev–Trinajstić information content (AvgIpc) is 3.29. The second-order valence-corrected chi connectivity index (χ2v) is 5.93. The van der Waals surface area contributed by atoms with Crippen molar-refractivity contribution in [2.24, 2.45) is 5.73 Å². The van der Waals surface area contributed by atoms with Crippen molar-refractivity contribution in [1.82, 2.24) is 9.78 Å². The first kappa shape index (κ1) is 15.9. The van der Waals surface area contributed by atoms with Gasteiger partial charge in [-0.2, -0.15) is 5.10 Å². The molecule has 1 unspecified atom stereocenters. The van der Waals surface area contributed by atoms with Gasteiger partial charge in [-0.25, -0.2) is 4.68 Å². The van der Waals surface area contributed by atoms with E-state index in [9.17, 15) is 9.59 Å². The van der Waals surface area contributed by atoms with Crippen LogP contribution in [0.25, 0.3) is 5.69 Å². The minimum absolute atomic E-state index is 0.153. The van der Waals surface area contributed by atoms with Crippen LogP contribution in [-0.4, -0.2) is 27.7 Å². The SMILES string of the molecule is NC(=O)c1ccn(-c2ccccc2NC(=O)C2Cc3ccccc3O2)n1. The minimum atomic E-state index is -0.609. The van der Waals surface area contributed by atoms with Gasteiger partial charge in [0.05, 0.1) is 11.4 Å². The van der Waals surface area contributed by atoms with Crippen molar-refractivity contribution in [3.05, 3.63) is 72.1 Å². The molecule has 1 aliphatic rings. The van der Waals surface area contributed by atoms with Gasteiger partial charge < -0.3 is 15.8 Å². The Morgan fingerprint density at radius 3 is 2.65 bits per heavy atom. The van der Waals surface area contributed by atoms with E-state index in [4.69, 9.17) is 10.5 Å². The van der Waals surface area contributed by atoms with Crippen LogP contribution in [0.15, 0.2) is 60.8 Å². The summed E-state index contributed by atoms with van der Waals surface area (Å²) in [6.45, 7) is 0. The van der Waals surface area contributed by atoms with E-state index in [0.717, 1.165) is 11.3 Å². The van der Waals surface area contributed by atoms with E-state index < -0.39 is 12.0 Å². The molecule has 0 bridgehead atoms. The number of rotatable bonds is 4. The van der Waals surface area contributed by atoms with Crippen molar-refractivity contribution in [2.45, 2.75) is 12.5 Å². The maximum atomic E-state index is 12.6. The first-order chi connectivity index (χ1) is 12.6. The molecule has 3 aromatic rings. The lowest BCUT2D eigenvalue weighted by molar-refractivity contribution is -0.122. The number of hydrogen-bond acceptors (Lipinski definition) is 4. The maximum Gasteiger partial charge on any atom is 0.269 e. The predicted octanol–water partition coefficient (Wildman–Crippen LogP) is 1.91. The minimum Gasteiger partial charge on any atom is -0.480 e. The van der Waals surface area contributed by atoms with Gasteiger partial charge >= 0.3 is 0 Å². The molecule has 0 radical (unpaired) electrons. The molecule has 1 aliphatic heterocycles. The zero-order valence-electron chi connectivity index (χ0n) is 13.8. The highest BCUT2D eigenvalue weighted by Crippen LogP contribution is 2.29. The van der Waals surface area contributed by atoms with Gasteiger partial charge in [-0.1, -0.05) is 30.3 Å². The Morgan fingerprint density at radius 2 is 1.88 bits per heavy atom. The summed E-state index contributed by atoms with van der Waals surface area (Å²) in [4.78, 5) is 23.9. The number of carbonyl (C=O) groups excluding carboxylic acids is 2. The molecular weight excluding hydrogens is 332 g/mol. The zero-order chi connectivity index (χ0) is 18.1. The van der Waals surface area contributed by atoms with Gasteiger partial charge in [-0.15, -0.1) is 0 Å². The van der Waals surface area contributed by atoms with Crippen LogP contribution < -0.4 is 15.8 Å². The lowest BCUT2D eigenvalue weighted by Crippen LogP contribution is -2.31. The summed E-state index contributed by atoms with van der Waals surface area (Å²) in [6, 6.07) is 16.3. The largest absolute Gasteiger partial charge is 0.480 e. The van der Waals surface area contributed by atoms with Gasteiger partial charge in [0.15, 0.2) is 6.10 Å². The second kappa shape index (κ2) is 6.36. The number of anilines is 1. The Labute approximate surface area is 149 Å². The molecule has 2 heterocycles. The van der Waals surface area contributed by atoms with Crippen LogP contribution in [0.5, 0.6) is 5.75 Å². The van der Waals surface area contributed by atoms with E-state index in [-0.39, 0.29) is 11.6 Å². The van der Waals surface area contributed by atoms with E-state index in [0.29, 0.717) is 17.8 Å². The summed E-state index contributed by atoms with van der Waals surface area (Å²) in [7, 11) is 0. The monoisotopic (exact) mass is 348 g/mol. The normalized spacial score (nSPS) is 15.2. The number of ether oxygens (including phenoxy) is 1. The van der Waals surface area contributed by atoms with Gasteiger partial charge in [0.1, 0.15) is 11.4 Å². The molecule has 1 aromatic heterocycles. The van der Waals surface area contributed by atoms with E-state index >= 15 is 0 Å². The van der Waals surface area contributed by atoms with Crippen molar-refractivity contribution in [3.8, 4) is 11.4 Å². The number of nitrogens with zero attached hydrogens (tertiary/aromatic N) is 2. The molecule has 2 aromatic carbocycles. The van der Waals surface area contributed by atoms with Crippen LogP contribution in [0.1, 0.15) is 16.1 Å². The molecule has 26 heavy (non-hydrogen) atoms. The van der Waals surface area contributed by atoms with Crippen LogP contribution in [0.4, 0.5) is 5.69 Å². The first-order valence-electron chi connectivity index (χ1n) is 8.12. The molecule has 4 rings (SSSR count). The Balaban J connectivity index is 1.55. The molecule has 0 fully saturated rings. The van der Waals surface area contributed by atoms with Crippen molar-refractivity contribution < 1.29 is 14.3 Å². The first-order valence-corrected chi connectivity index (χ1v) is 8.12. The van der Waals surface area contributed by atoms with Crippen LogP contribution in [0, 0.1) is 0 Å². The molecule has 1 atom stereocenters. The highest BCUT2D eigenvalue weighted by atomic mass is 16.5. The quantitative estimate of drug-likeness (QED) is 0.752. The predicted molar refractivity (Wildman–Crippen MR) is 95.3 cm³/mol. The molecule has 130 valence electrons. The third kappa shape index (κ3) is 2.90. The van der Waals surface area contributed by atoms with Crippen molar-refractivity contribution >= 4 is 17.5 Å². The number of fused-ring (bicyclic) bond motifs is 1. The summed E-state index contributed by atoms with van der Waals surface area (Å²) < 4.78 is 7.23. The third-order valence-corrected chi connectivity index (χ3v) is 4.19. The molecule has 0 saturated heterocycles. The van der Waals surface area contributed by atoms with E-state index in [1.54, 1.807) is 18.3 Å². The molecular formula is C19H16N4O3. The molecule has 0 aliphatic carbocycles. The molecule has 0 saturated carbocycles. The summed E-state index contributed by atoms with van der Waals surface area (Å²) in [5, 5.41) is 7.02. The fourth-order valence-corrected chi connectivity index (χ4v) is 2.91. The number of aromatic nitrogens is 2. The summed E-state index contributed by atoms with van der Waals surface area (Å²) in [6.07, 6.45) is 1.56. The zero-order valence-corrected chi connectivity index (χ0v) is 13.8. The van der Waals surface area contributed by atoms with Gasteiger partial charge in [-0.05, 0) is 29.8 Å². The number of primary amides is 1. The average molecular weight is 348 g/mol. The van der Waals surface area contributed by atoms with E-state index in [1.165, 1.54) is 10.7 Å². The number of nitrogens with two attached hydrogens (primary N) is 1. The Bertz CT molecular complexity index is 971. The number of hydrogen-bond donors (Lipinski definition) is 2. The maximum absolute atomic E-state index is 12.6. The number of amides is 2. The molecule has 2 amide bonds. The number of benzene rings is 2. The number of nitrogens with one attached hydrogen (secondary N) is 1. The molecule has 0 spiro atoms. The Kier molecular flexibility index (Phi) is 3.89. The Morgan fingerprint density at radius 1 is 1.12 bits per heavy atom. The van der Waals surface area contributed by atoms with Crippen molar-refractivity contribution in [2.75, 3.05) is 5.32 Å². The fraction of sp³-hybridized carbons (Fsp3) is 0.105. The van der Waals surface area contributed by atoms with Crippen LogP contribution in [0.2, 0.25) is 0 Å². The van der Waals surface area contributed by atoms with Crippen molar-refractivity contribution in [3.63, 3.8) is 0 Å². The summed E-state index contributed by atoms with van der Waals surface area (Å²) >= 11 is 0. The van der Waals surface area contributed by atoms with E-state index in [2.05, 4.69) is 10.4 Å². The smallest absolute Gasteiger partial charge is 0.269 e. The topological polar surface area (TPSA) is 99.2 Å².